The summed E-state index contributed by atoms with van der Waals surface area (Å²) in [6, 6.07) is 17.1. The normalized spacial score (nSPS) is 10.5. The summed E-state index contributed by atoms with van der Waals surface area (Å²) in [4.78, 5) is 14.9. The molecule has 4 nitrogen and oxygen atoms in total. The highest BCUT2D eigenvalue weighted by Gasteiger charge is 2.05. The second kappa shape index (κ2) is 5.63. The first-order valence-corrected chi connectivity index (χ1v) is 6.53. The molecular formula is C17H13NO3. The Labute approximate surface area is 121 Å². The van der Waals surface area contributed by atoms with Gasteiger partial charge in [-0.1, -0.05) is 36.4 Å². The van der Waals surface area contributed by atoms with Crippen LogP contribution in [0.5, 0.6) is 5.75 Å². The van der Waals surface area contributed by atoms with Gasteiger partial charge < -0.3 is 9.84 Å². The lowest BCUT2D eigenvalue weighted by Crippen LogP contribution is -2.02. The van der Waals surface area contributed by atoms with Crippen LogP contribution in [0, 0.1) is 0 Å². The van der Waals surface area contributed by atoms with Gasteiger partial charge in [-0.2, -0.15) is 0 Å². The van der Waals surface area contributed by atoms with Crippen LogP contribution in [0.1, 0.15) is 16.1 Å². The van der Waals surface area contributed by atoms with Crippen LogP contribution in [0.3, 0.4) is 0 Å². The van der Waals surface area contributed by atoms with Gasteiger partial charge in [0.25, 0.3) is 0 Å². The number of carboxylic acid groups (broad SMARTS) is 1. The van der Waals surface area contributed by atoms with E-state index in [9.17, 15) is 4.79 Å². The van der Waals surface area contributed by atoms with E-state index in [4.69, 9.17) is 9.84 Å². The number of nitrogens with zero attached hydrogens (tertiary/aromatic N) is 1. The third-order valence-corrected chi connectivity index (χ3v) is 3.20. The minimum atomic E-state index is -0.982. The minimum absolute atomic E-state index is 0.170. The maximum atomic E-state index is 10.8. The lowest BCUT2D eigenvalue weighted by Gasteiger charge is -2.09. The van der Waals surface area contributed by atoms with Crippen LogP contribution in [0.2, 0.25) is 0 Å². The molecule has 0 radical (unpaired) electrons. The summed E-state index contributed by atoms with van der Waals surface area (Å²) in [5.41, 5.74) is 0.858. The molecule has 0 atom stereocenters. The van der Waals surface area contributed by atoms with Crippen molar-refractivity contribution < 1.29 is 14.6 Å². The quantitative estimate of drug-likeness (QED) is 0.794. The Morgan fingerprint density at radius 2 is 1.86 bits per heavy atom. The van der Waals surface area contributed by atoms with Crippen molar-refractivity contribution in [3.05, 3.63) is 72.1 Å². The number of carbonyl (C=O) groups is 1. The number of carboxylic acids is 1. The van der Waals surface area contributed by atoms with E-state index in [-0.39, 0.29) is 5.56 Å². The van der Waals surface area contributed by atoms with Gasteiger partial charge in [-0.15, -0.1) is 0 Å². The Balaban J connectivity index is 1.79. The molecule has 3 rings (SSSR count). The lowest BCUT2D eigenvalue weighted by molar-refractivity contribution is 0.0696. The van der Waals surface area contributed by atoms with E-state index in [2.05, 4.69) is 4.98 Å². The Bertz CT molecular complexity index is 776. The van der Waals surface area contributed by atoms with Crippen molar-refractivity contribution in [2.45, 2.75) is 6.61 Å². The lowest BCUT2D eigenvalue weighted by atomic mass is 10.1. The Hall–Kier alpha value is -2.88. The van der Waals surface area contributed by atoms with Crippen molar-refractivity contribution in [2.75, 3.05) is 0 Å². The zero-order valence-corrected chi connectivity index (χ0v) is 11.2. The van der Waals surface area contributed by atoms with Gasteiger partial charge in [-0.25, -0.2) is 4.79 Å². The summed E-state index contributed by atoms with van der Waals surface area (Å²) in [5, 5.41) is 11.0. The molecule has 1 N–H and O–H groups in total. The molecule has 104 valence electrons. The fraction of sp³-hybridized carbons (Fsp3) is 0.0588. The fourth-order valence-electron chi connectivity index (χ4n) is 2.11. The number of aromatic nitrogens is 1. The van der Waals surface area contributed by atoms with E-state index in [0.717, 1.165) is 16.5 Å². The largest absolute Gasteiger partial charge is 0.487 e. The summed E-state index contributed by atoms with van der Waals surface area (Å²) in [6.45, 7) is 0.300. The second-order valence-electron chi connectivity index (χ2n) is 4.61. The third kappa shape index (κ3) is 2.84. The summed E-state index contributed by atoms with van der Waals surface area (Å²) >= 11 is 0. The number of aromatic carboxylic acids is 1. The number of hydrogen-bond acceptors (Lipinski definition) is 3. The summed E-state index contributed by atoms with van der Waals surface area (Å²) in [7, 11) is 0. The van der Waals surface area contributed by atoms with E-state index in [0.29, 0.717) is 12.3 Å². The van der Waals surface area contributed by atoms with Crippen molar-refractivity contribution in [3.63, 3.8) is 0 Å². The van der Waals surface area contributed by atoms with Gasteiger partial charge in [-0.3, -0.25) is 4.98 Å². The molecule has 3 aromatic rings. The highest BCUT2D eigenvalue weighted by molar-refractivity contribution is 5.88. The smallest absolute Gasteiger partial charge is 0.337 e. The van der Waals surface area contributed by atoms with E-state index in [1.807, 2.05) is 42.5 Å². The highest BCUT2D eigenvalue weighted by atomic mass is 16.5. The van der Waals surface area contributed by atoms with Gasteiger partial charge in [0, 0.05) is 11.6 Å². The molecule has 0 saturated carbocycles. The molecule has 4 heteroatoms. The second-order valence-corrected chi connectivity index (χ2v) is 4.61. The van der Waals surface area contributed by atoms with E-state index in [1.54, 1.807) is 6.07 Å². The molecule has 2 aromatic carbocycles. The predicted octanol–water partition coefficient (Wildman–Crippen LogP) is 3.51. The SMILES string of the molecule is O=C(O)c1ccc(COc2cccc3ccccc23)nc1. The number of pyridine rings is 1. The molecule has 0 bridgehead atoms. The van der Waals surface area contributed by atoms with E-state index >= 15 is 0 Å². The monoisotopic (exact) mass is 279 g/mol. The van der Waals surface area contributed by atoms with Gasteiger partial charge in [0.05, 0.1) is 11.3 Å². The van der Waals surface area contributed by atoms with Gasteiger partial charge in [-0.05, 0) is 23.6 Å². The zero-order valence-electron chi connectivity index (χ0n) is 11.2. The van der Waals surface area contributed by atoms with Crippen LogP contribution < -0.4 is 4.74 Å². The molecule has 1 aromatic heterocycles. The van der Waals surface area contributed by atoms with Crippen LogP contribution in [-0.2, 0) is 6.61 Å². The number of rotatable bonds is 4. The maximum Gasteiger partial charge on any atom is 0.337 e. The van der Waals surface area contributed by atoms with Crippen molar-refractivity contribution in [1.29, 1.82) is 0 Å². The molecule has 0 unspecified atom stereocenters. The van der Waals surface area contributed by atoms with Crippen molar-refractivity contribution in [2.24, 2.45) is 0 Å². The van der Waals surface area contributed by atoms with E-state index in [1.165, 1.54) is 12.3 Å². The van der Waals surface area contributed by atoms with Crippen LogP contribution in [-0.4, -0.2) is 16.1 Å². The maximum absolute atomic E-state index is 10.8. The third-order valence-electron chi connectivity index (χ3n) is 3.20. The molecule has 0 spiro atoms. The van der Waals surface area contributed by atoms with E-state index < -0.39 is 5.97 Å². The molecule has 0 saturated heterocycles. The molecule has 1 heterocycles. The Kier molecular flexibility index (Phi) is 3.51. The highest BCUT2D eigenvalue weighted by Crippen LogP contribution is 2.25. The summed E-state index contributed by atoms with van der Waals surface area (Å²) in [5.74, 6) is -0.193. The Morgan fingerprint density at radius 1 is 1.05 bits per heavy atom. The molecule has 0 amide bonds. The average Bonchev–Trinajstić information content (AvgIpc) is 2.53. The number of hydrogen-bond donors (Lipinski definition) is 1. The van der Waals surface area contributed by atoms with Gasteiger partial charge >= 0.3 is 5.97 Å². The first kappa shape index (κ1) is 13.1. The molecule has 0 aliphatic heterocycles. The van der Waals surface area contributed by atoms with Crippen LogP contribution in [0.15, 0.2) is 60.8 Å². The van der Waals surface area contributed by atoms with Crippen LogP contribution in [0.25, 0.3) is 10.8 Å². The Morgan fingerprint density at radius 3 is 2.62 bits per heavy atom. The average molecular weight is 279 g/mol. The molecular weight excluding hydrogens is 266 g/mol. The van der Waals surface area contributed by atoms with Crippen molar-refractivity contribution >= 4 is 16.7 Å². The van der Waals surface area contributed by atoms with Crippen molar-refractivity contribution in [1.82, 2.24) is 4.98 Å². The number of ether oxygens (including phenoxy) is 1. The molecule has 0 aliphatic rings. The summed E-state index contributed by atoms with van der Waals surface area (Å²) in [6.07, 6.45) is 1.34. The minimum Gasteiger partial charge on any atom is -0.487 e. The van der Waals surface area contributed by atoms with Gasteiger partial charge in [0.2, 0.25) is 0 Å². The predicted molar refractivity (Wildman–Crippen MR) is 79.5 cm³/mol. The zero-order chi connectivity index (χ0) is 14.7. The number of fused-ring (bicyclic) bond motifs is 1. The van der Waals surface area contributed by atoms with Crippen LogP contribution >= 0.6 is 0 Å². The number of benzene rings is 2. The first-order valence-electron chi connectivity index (χ1n) is 6.53. The standard InChI is InChI=1S/C17H13NO3/c19-17(20)13-8-9-14(18-10-13)11-21-16-7-3-5-12-4-1-2-6-15(12)16/h1-10H,11H2,(H,19,20). The van der Waals surface area contributed by atoms with Gasteiger partial charge in [0.1, 0.15) is 12.4 Å². The topological polar surface area (TPSA) is 59.4 Å². The van der Waals surface area contributed by atoms with Crippen molar-refractivity contribution in [3.8, 4) is 5.75 Å². The first-order chi connectivity index (χ1) is 10.2. The molecule has 21 heavy (non-hydrogen) atoms. The molecule has 0 aliphatic carbocycles. The molecule has 0 fully saturated rings. The summed E-state index contributed by atoms with van der Waals surface area (Å²) < 4.78 is 5.80. The fourth-order valence-corrected chi connectivity index (χ4v) is 2.11. The van der Waals surface area contributed by atoms with Gasteiger partial charge in [0.15, 0.2) is 0 Å². The van der Waals surface area contributed by atoms with Crippen LogP contribution in [0.4, 0.5) is 0 Å².